The van der Waals surface area contributed by atoms with Crippen LogP contribution in [0.2, 0.25) is 0 Å². The molecule has 2 aromatic rings. The number of rotatable bonds is 5. The van der Waals surface area contributed by atoms with Crippen molar-refractivity contribution in [3.05, 3.63) is 47.7 Å². The van der Waals surface area contributed by atoms with E-state index in [1.807, 2.05) is 24.3 Å². The molecule has 4 nitrogen and oxygen atoms in total. The van der Waals surface area contributed by atoms with Gasteiger partial charge in [-0.25, -0.2) is 0 Å². The van der Waals surface area contributed by atoms with Crippen LogP contribution < -0.4 is 9.47 Å². The van der Waals surface area contributed by atoms with Crippen molar-refractivity contribution in [1.82, 2.24) is 0 Å². The summed E-state index contributed by atoms with van der Waals surface area (Å²) in [5.41, 5.74) is 0.966. The van der Waals surface area contributed by atoms with Crippen LogP contribution in [0.15, 0.2) is 40.8 Å². The number of aldehydes is 1. The van der Waals surface area contributed by atoms with Gasteiger partial charge < -0.3 is 13.9 Å². The summed E-state index contributed by atoms with van der Waals surface area (Å²) in [7, 11) is 1.61. The third-order valence-corrected chi connectivity index (χ3v) is 2.23. The number of furan rings is 1. The van der Waals surface area contributed by atoms with Crippen molar-refractivity contribution < 1.29 is 18.7 Å². The molecule has 17 heavy (non-hydrogen) atoms. The summed E-state index contributed by atoms with van der Waals surface area (Å²) in [5.74, 6) is 1.36. The van der Waals surface area contributed by atoms with Gasteiger partial charge in [-0.05, 0) is 23.8 Å². The number of carbonyl (C=O) groups excluding carboxylic acids is 1. The highest BCUT2D eigenvalue weighted by Gasteiger charge is 2.02. The summed E-state index contributed by atoms with van der Waals surface area (Å²) in [6, 6.07) is 10.7. The predicted molar refractivity (Wildman–Crippen MR) is 61.4 cm³/mol. The number of ether oxygens (including phenoxy) is 2. The molecule has 0 aliphatic rings. The third-order valence-electron chi connectivity index (χ3n) is 2.23. The Bertz CT molecular complexity index is 502. The molecule has 0 saturated heterocycles. The minimum absolute atomic E-state index is 0.255. The molecule has 0 fully saturated rings. The van der Waals surface area contributed by atoms with Crippen molar-refractivity contribution in [3.8, 4) is 11.7 Å². The molecule has 1 aromatic carbocycles. The molecule has 0 aliphatic heterocycles. The standard InChI is InChI=1S/C13H12O4/c1-15-11-4-2-3-10(7-11)9-16-13-6-5-12(8-14)17-13/h2-8H,9H2,1H3. The van der Waals surface area contributed by atoms with E-state index < -0.39 is 0 Å². The van der Waals surface area contributed by atoms with E-state index in [0.29, 0.717) is 18.8 Å². The second-order valence-corrected chi connectivity index (χ2v) is 3.41. The minimum Gasteiger partial charge on any atom is -0.497 e. The van der Waals surface area contributed by atoms with Gasteiger partial charge in [0.25, 0.3) is 5.95 Å². The van der Waals surface area contributed by atoms with E-state index in [2.05, 4.69) is 0 Å². The molecule has 0 N–H and O–H groups in total. The van der Waals surface area contributed by atoms with E-state index in [-0.39, 0.29) is 5.76 Å². The van der Waals surface area contributed by atoms with Crippen molar-refractivity contribution in [1.29, 1.82) is 0 Å². The van der Waals surface area contributed by atoms with Crippen LogP contribution >= 0.6 is 0 Å². The number of benzene rings is 1. The van der Waals surface area contributed by atoms with E-state index in [9.17, 15) is 4.79 Å². The molecular weight excluding hydrogens is 220 g/mol. The maximum Gasteiger partial charge on any atom is 0.285 e. The van der Waals surface area contributed by atoms with Crippen LogP contribution in [-0.2, 0) is 6.61 Å². The van der Waals surface area contributed by atoms with Gasteiger partial charge in [-0.2, -0.15) is 0 Å². The van der Waals surface area contributed by atoms with Crippen LogP contribution in [0.1, 0.15) is 16.1 Å². The Hall–Kier alpha value is -2.23. The van der Waals surface area contributed by atoms with Gasteiger partial charge in [0.15, 0.2) is 12.0 Å². The quantitative estimate of drug-likeness (QED) is 0.743. The van der Waals surface area contributed by atoms with Crippen molar-refractivity contribution >= 4 is 6.29 Å². The molecule has 0 unspecified atom stereocenters. The van der Waals surface area contributed by atoms with Gasteiger partial charge in [0.1, 0.15) is 12.4 Å². The van der Waals surface area contributed by atoms with E-state index in [1.54, 1.807) is 19.2 Å². The molecule has 0 atom stereocenters. The summed E-state index contributed by atoms with van der Waals surface area (Å²) in [4.78, 5) is 10.4. The minimum atomic E-state index is 0.255. The van der Waals surface area contributed by atoms with Gasteiger partial charge in [0, 0.05) is 6.07 Å². The zero-order valence-corrected chi connectivity index (χ0v) is 9.38. The fraction of sp³-hybridized carbons (Fsp3) is 0.154. The molecule has 0 amide bonds. The Balaban J connectivity index is 1.99. The number of hydrogen-bond acceptors (Lipinski definition) is 4. The molecule has 1 heterocycles. The zero-order valence-electron chi connectivity index (χ0n) is 9.38. The van der Waals surface area contributed by atoms with Crippen LogP contribution in [0, 0.1) is 0 Å². The lowest BCUT2D eigenvalue weighted by molar-refractivity contribution is 0.109. The predicted octanol–water partition coefficient (Wildman–Crippen LogP) is 2.68. The molecule has 0 aliphatic carbocycles. The van der Waals surface area contributed by atoms with E-state index >= 15 is 0 Å². The summed E-state index contributed by atoms with van der Waals surface area (Å²) in [6.07, 6.45) is 0.637. The molecular formula is C13H12O4. The Labute approximate surface area is 98.8 Å². The Morgan fingerprint density at radius 3 is 2.88 bits per heavy atom. The normalized spacial score (nSPS) is 9.94. The fourth-order valence-corrected chi connectivity index (χ4v) is 1.39. The molecule has 0 saturated carbocycles. The first-order valence-corrected chi connectivity index (χ1v) is 5.12. The summed E-state index contributed by atoms with van der Waals surface area (Å²) in [5, 5.41) is 0. The second-order valence-electron chi connectivity index (χ2n) is 3.41. The number of carbonyl (C=O) groups is 1. The van der Waals surface area contributed by atoms with E-state index in [4.69, 9.17) is 13.9 Å². The average molecular weight is 232 g/mol. The smallest absolute Gasteiger partial charge is 0.285 e. The average Bonchev–Trinajstić information content (AvgIpc) is 2.84. The summed E-state index contributed by atoms with van der Waals surface area (Å²) >= 11 is 0. The lowest BCUT2D eigenvalue weighted by Gasteiger charge is -2.04. The maximum absolute atomic E-state index is 10.4. The Morgan fingerprint density at radius 1 is 1.29 bits per heavy atom. The molecule has 2 rings (SSSR count). The lowest BCUT2D eigenvalue weighted by atomic mass is 10.2. The van der Waals surface area contributed by atoms with Gasteiger partial charge in [0.2, 0.25) is 0 Å². The summed E-state index contributed by atoms with van der Waals surface area (Å²) in [6.45, 7) is 0.364. The van der Waals surface area contributed by atoms with Crippen LogP contribution in [0.4, 0.5) is 0 Å². The van der Waals surface area contributed by atoms with E-state index in [1.165, 1.54) is 0 Å². The van der Waals surface area contributed by atoms with E-state index in [0.717, 1.165) is 11.3 Å². The molecule has 4 heteroatoms. The van der Waals surface area contributed by atoms with Gasteiger partial charge >= 0.3 is 0 Å². The SMILES string of the molecule is COc1cccc(COc2ccc(C=O)o2)c1. The lowest BCUT2D eigenvalue weighted by Crippen LogP contribution is -1.94. The molecule has 0 spiro atoms. The van der Waals surface area contributed by atoms with Gasteiger partial charge in [-0.1, -0.05) is 12.1 Å². The van der Waals surface area contributed by atoms with Gasteiger partial charge in [0.05, 0.1) is 7.11 Å². The first-order valence-electron chi connectivity index (χ1n) is 5.12. The van der Waals surface area contributed by atoms with Crippen molar-refractivity contribution in [2.75, 3.05) is 7.11 Å². The van der Waals surface area contributed by atoms with Crippen LogP contribution in [-0.4, -0.2) is 13.4 Å². The molecule has 0 bridgehead atoms. The number of hydrogen-bond donors (Lipinski definition) is 0. The molecule has 0 radical (unpaired) electrons. The topological polar surface area (TPSA) is 48.7 Å². The second kappa shape index (κ2) is 5.21. The van der Waals surface area contributed by atoms with Crippen molar-refractivity contribution in [3.63, 3.8) is 0 Å². The van der Waals surface area contributed by atoms with Crippen LogP contribution in [0.5, 0.6) is 11.7 Å². The van der Waals surface area contributed by atoms with Crippen LogP contribution in [0.3, 0.4) is 0 Å². The van der Waals surface area contributed by atoms with Crippen molar-refractivity contribution in [2.45, 2.75) is 6.61 Å². The summed E-state index contributed by atoms with van der Waals surface area (Å²) < 4.78 is 15.6. The largest absolute Gasteiger partial charge is 0.497 e. The first kappa shape index (κ1) is 11.3. The zero-order chi connectivity index (χ0) is 12.1. The third kappa shape index (κ3) is 2.87. The Kier molecular flexibility index (Phi) is 3.45. The molecule has 1 aromatic heterocycles. The van der Waals surface area contributed by atoms with Gasteiger partial charge in [-0.15, -0.1) is 0 Å². The van der Waals surface area contributed by atoms with Crippen LogP contribution in [0.25, 0.3) is 0 Å². The molecule has 88 valence electrons. The highest BCUT2D eigenvalue weighted by atomic mass is 16.6. The Morgan fingerprint density at radius 2 is 2.18 bits per heavy atom. The fourth-order valence-electron chi connectivity index (χ4n) is 1.39. The monoisotopic (exact) mass is 232 g/mol. The number of methoxy groups -OCH3 is 1. The highest BCUT2D eigenvalue weighted by Crippen LogP contribution is 2.18. The highest BCUT2D eigenvalue weighted by molar-refractivity contribution is 5.70. The maximum atomic E-state index is 10.4. The van der Waals surface area contributed by atoms with Crippen molar-refractivity contribution in [2.24, 2.45) is 0 Å². The first-order chi connectivity index (χ1) is 8.31. The van der Waals surface area contributed by atoms with Gasteiger partial charge in [-0.3, -0.25) is 4.79 Å².